The summed E-state index contributed by atoms with van der Waals surface area (Å²) in [6, 6.07) is 7.69. The number of benzene rings is 1. The number of likely N-dealkylation sites (tertiary alicyclic amines) is 1. The topological polar surface area (TPSA) is 68.5 Å². The van der Waals surface area contributed by atoms with Crippen molar-refractivity contribution in [3.63, 3.8) is 0 Å². The first-order valence-corrected chi connectivity index (χ1v) is 8.34. The molecule has 2 aromatic rings. The molecule has 6 heteroatoms. The SMILES string of the molecule is COc1cccc(CC(=O)N2CCC(CCc3noc(C)n3)C2)c1. The number of nitrogens with zero attached hydrogens (tertiary/aromatic N) is 3. The summed E-state index contributed by atoms with van der Waals surface area (Å²) in [6.07, 6.45) is 3.26. The summed E-state index contributed by atoms with van der Waals surface area (Å²) in [4.78, 5) is 18.7. The lowest BCUT2D eigenvalue weighted by molar-refractivity contribution is -0.129. The minimum atomic E-state index is 0.182. The van der Waals surface area contributed by atoms with Crippen LogP contribution in [0, 0.1) is 12.8 Å². The van der Waals surface area contributed by atoms with E-state index < -0.39 is 0 Å². The van der Waals surface area contributed by atoms with E-state index in [1.807, 2.05) is 29.2 Å². The second-order valence-corrected chi connectivity index (χ2v) is 6.29. The molecule has 1 saturated heterocycles. The molecule has 1 unspecified atom stereocenters. The van der Waals surface area contributed by atoms with Crippen LogP contribution in [0.3, 0.4) is 0 Å². The van der Waals surface area contributed by atoms with Gasteiger partial charge in [-0.3, -0.25) is 4.79 Å². The summed E-state index contributed by atoms with van der Waals surface area (Å²) in [5.74, 6) is 2.84. The van der Waals surface area contributed by atoms with Gasteiger partial charge >= 0.3 is 0 Å². The summed E-state index contributed by atoms with van der Waals surface area (Å²) in [6.45, 7) is 3.45. The highest BCUT2D eigenvalue weighted by Gasteiger charge is 2.26. The molecular weight excluding hydrogens is 306 g/mol. The lowest BCUT2D eigenvalue weighted by atomic mass is 10.0. The molecule has 1 amide bonds. The standard InChI is InChI=1S/C18H23N3O3/c1-13-19-17(20-24-13)7-6-14-8-9-21(12-14)18(22)11-15-4-3-5-16(10-15)23-2/h3-5,10,14H,6-9,11-12H2,1-2H3. The number of amides is 1. The van der Waals surface area contributed by atoms with Crippen LogP contribution in [0.1, 0.15) is 30.1 Å². The summed E-state index contributed by atoms with van der Waals surface area (Å²) < 4.78 is 10.2. The quantitative estimate of drug-likeness (QED) is 0.814. The van der Waals surface area contributed by atoms with E-state index in [9.17, 15) is 4.79 Å². The van der Waals surface area contributed by atoms with Crippen molar-refractivity contribution in [3.8, 4) is 5.75 Å². The monoisotopic (exact) mass is 329 g/mol. The lowest BCUT2D eigenvalue weighted by Crippen LogP contribution is -2.30. The maximum Gasteiger partial charge on any atom is 0.227 e. The van der Waals surface area contributed by atoms with Crippen molar-refractivity contribution >= 4 is 5.91 Å². The number of hydrogen-bond donors (Lipinski definition) is 0. The number of hydrogen-bond acceptors (Lipinski definition) is 5. The summed E-state index contributed by atoms with van der Waals surface area (Å²) in [7, 11) is 1.64. The smallest absolute Gasteiger partial charge is 0.227 e. The van der Waals surface area contributed by atoms with Crippen molar-refractivity contribution in [2.45, 2.75) is 32.6 Å². The third-order valence-corrected chi connectivity index (χ3v) is 4.47. The molecule has 0 saturated carbocycles. The Hall–Kier alpha value is -2.37. The summed E-state index contributed by atoms with van der Waals surface area (Å²) in [5.41, 5.74) is 0.991. The van der Waals surface area contributed by atoms with Gasteiger partial charge in [0.25, 0.3) is 0 Å². The van der Waals surface area contributed by atoms with E-state index in [0.29, 0.717) is 18.2 Å². The van der Waals surface area contributed by atoms with Crippen LogP contribution in [0.4, 0.5) is 0 Å². The van der Waals surface area contributed by atoms with Gasteiger partial charge < -0.3 is 14.2 Å². The zero-order valence-corrected chi connectivity index (χ0v) is 14.2. The van der Waals surface area contributed by atoms with Crippen LogP contribution >= 0.6 is 0 Å². The van der Waals surface area contributed by atoms with Crippen LogP contribution in [-0.2, 0) is 17.6 Å². The van der Waals surface area contributed by atoms with Gasteiger partial charge in [-0.2, -0.15) is 4.98 Å². The first-order chi connectivity index (χ1) is 11.6. The highest BCUT2D eigenvalue weighted by Crippen LogP contribution is 2.22. The number of aryl methyl sites for hydroxylation is 2. The van der Waals surface area contributed by atoms with Gasteiger partial charge in [-0.25, -0.2) is 0 Å². The van der Waals surface area contributed by atoms with E-state index in [0.717, 1.165) is 49.5 Å². The number of rotatable bonds is 6. The number of methoxy groups -OCH3 is 1. The van der Waals surface area contributed by atoms with Gasteiger partial charge in [0.1, 0.15) is 5.75 Å². The van der Waals surface area contributed by atoms with E-state index in [-0.39, 0.29) is 5.91 Å². The Kier molecular flexibility index (Phi) is 5.13. The molecule has 0 radical (unpaired) electrons. The predicted octanol–water partition coefficient (Wildman–Crippen LogP) is 2.41. The van der Waals surface area contributed by atoms with Crippen LogP contribution in [0.5, 0.6) is 5.75 Å². The van der Waals surface area contributed by atoms with E-state index in [2.05, 4.69) is 10.1 Å². The van der Waals surface area contributed by atoms with Crippen LogP contribution in [0.2, 0.25) is 0 Å². The third-order valence-electron chi connectivity index (χ3n) is 4.47. The first-order valence-electron chi connectivity index (χ1n) is 8.34. The van der Waals surface area contributed by atoms with Gasteiger partial charge in [-0.1, -0.05) is 17.3 Å². The molecule has 2 heterocycles. The Balaban J connectivity index is 1.48. The Morgan fingerprint density at radius 3 is 3.08 bits per heavy atom. The van der Waals surface area contributed by atoms with Gasteiger partial charge in [-0.05, 0) is 36.5 Å². The molecule has 24 heavy (non-hydrogen) atoms. The highest BCUT2D eigenvalue weighted by atomic mass is 16.5. The average molecular weight is 329 g/mol. The van der Waals surface area contributed by atoms with Crippen LogP contribution < -0.4 is 4.74 Å². The predicted molar refractivity (Wildman–Crippen MR) is 88.7 cm³/mol. The summed E-state index contributed by atoms with van der Waals surface area (Å²) in [5, 5.41) is 3.92. The van der Waals surface area contributed by atoms with Crippen molar-refractivity contribution in [2.75, 3.05) is 20.2 Å². The molecule has 1 aliphatic heterocycles. The zero-order valence-electron chi connectivity index (χ0n) is 14.2. The fourth-order valence-electron chi connectivity index (χ4n) is 3.14. The minimum Gasteiger partial charge on any atom is -0.497 e. The Labute approximate surface area is 141 Å². The summed E-state index contributed by atoms with van der Waals surface area (Å²) >= 11 is 0. The number of aromatic nitrogens is 2. The minimum absolute atomic E-state index is 0.182. The Morgan fingerprint density at radius 2 is 2.33 bits per heavy atom. The molecule has 1 aromatic carbocycles. The van der Waals surface area contributed by atoms with Gasteiger partial charge in [0, 0.05) is 26.4 Å². The van der Waals surface area contributed by atoms with Gasteiger partial charge in [0.2, 0.25) is 11.8 Å². The maximum absolute atomic E-state index is 12.5. The van der Waals surface area contributed by atoms with Crippen molar-refractivity contribution in [2.24, 2.45) is 5.92 Å². The normalized spacial score (nSPS) is 17.2. The van der Waals surface area contributed by atoms with Crippen LogP contribution in [0.15, 0.2) is 28.8 Å². The maximum atomic E-state index is 12.5. The van der Waals surface area contributed by atoms with Crippen LogP contribution in [-0.4, -0.2) is 41.1 Å². The van der Waals surface area contributed by atoms with E-state index in [4.69, 9.17) is 9.26 Å². The zero-order chi connectivity index (χ0) is 16.9. The Morgan fingerprint density at radius 1 is 1.46 bits per heavy atom. The Bertz CT molecular complexity index is 698. The second kappa shape index (κ2) is 7.47. The number of ether oxygens (including phenoxy) is 1. The molecular formula is C18H23N3O3. The number of carbonyl (C=O) groups is 1. The van der Waals surface area contributed by atoms with Crippen molar-refractivity contribution in [1.29, 1.82) is 0 Å². The first kappa shape index (κ1) is 16.5. The second-order valence-electron chi connectivity index (χ2n) is 6.29. The molecule has 0 spiro atoms. The molecule has 1 aliphatic rings. The van der Waals surface area contributed by atoms with Crippen molar-refractivity contribution in [3.05, 3.63) is 41.5 Å². The molecule has 6 nitrogen and oxygen atoms in total. The molecule has 1 aromatic heterocycles. The fraction of sp³-hybridized carbons (Fsp3) is 0.500. The molecule has 1 fully saturated rings. The largest absolute Gasteiger partial charge is 0.497 e. The molecule has 128 valence electrons. The molecule has 0 aliphatic carbocycles. The third kappa shape index (κ3) is 4.13. The van der Waals surface area contributed by atoms with Gasteiger partial charge in [0.05, 0.1) is 13.5 Å². The molecule has 0 N–H and O–H groups in total. The molecule has 1 atom stereocenters. The van der Waals surface area contributed by atoms with Crippen molar-refractivity contribution < 1.29 is 14.1 Å². The fourth-order valence-corrected chi connectivity index (χ4v) is 3.14. The van der Waals surface area contributed by atoms with Crippen LogP contribution in [0.25, 0.3) is 0 Å². The number of carbonyl (C=O) groups excluding carboxylic acids is 1. The molecule has 3 rings (SSSR count). The van der Waals surface area contributed by atoms with Gasteiger partial charge in [-0.15, -0.1) is 0 Å². The lowest BCUT2D eigenvalue weighted by Gasteiger charge is -2.16. The van der Waals surface area contributed by atoms with Gasteiger partial charge in [0.15, 0.2) is 5.82 Å². The van der Waals surface area contributed by atoms with E-state index in [1.54, 1.807) is 14.0 Å². The van der Waals surface area contributed by atoms with Crippen molar-refractivity contribution in [1.82, 2.24) is 15.0 Å². The average Bonchev–Trinajstić information content (AvgIpc) is 3.22. The molecule has 0 bridgehead atoms. The van der Waals surface area contributed by atoms with E-state index in [1.165, 1.54) is 0 Å². The van der Waals surface area contributed by atoms with E-state index >= 15 is 0 Å². The highest BCUT2D eigenvalue weighted by molar-refractivity contribution is 5.79.